The van der Waals surface area contributed by atoms with Gasteiger partial charge in [-0.05, 0) is 35.9 Å². The van der Waals surface area contributed by atoms with Crippen molar-refractivity contribution >= 4 is 64.7 Å². The van der Waals surface area contributed by atoms with Crippen molar-refractivity contribution < 1.29 is 9.53 Å². The number of amides is 1. The highest BCUT2D eigenvalue weighted by Gasteiger charge is 2.08. The van der Waals surface area contributed by atoms with E-state index in [1.165, 1.54) is 29.3 Å². The first-order valence-corrected chi connectivity index (χ1v) is 12.3. The third-order valence-corrected chi connectivity index (χ3v) is 7.27. The molecule has 0 bridgehead atoms. The second-order valence-electron chi connectivity index (χ2n) is 5.95. The van der Waals surface area contributed by atoms with Gasteiger partial charge in [0.15, 0.2) is 8.68 Å². The van der Waals surface area contributed by atoms with E-state index in [1.807, 2.05) is 54.6 Å². The number of rotatable bonds is 10. The third-order valence-electron chi connectivity index (χ3n) is 3.75. The molecule has 0 aliphatic carbocycles. The van der Waals surface area contributed by atoms with Crippen LogP contribution in [0, 0.1) is 0 Å². The molecule has 0 radical (unpaired) electrons. The van der Waals surface area contributed by atoms with Crippen LogP contribution in [0.1, 0.15) is 11.1 Å². The van der Waals surface area contributed by atoms with E-state index in [2.05, 4.69) is 20.7 Å². The van der Waals surface area contributed by atoms with Gasteiger partial charge in [0, 0.05) is 22.6 Å². The topological polar surface area (TPSA) is 76.5 Å². The van der Waals surface area contributed by atoms with Crippen molar-refractivity contribution in [1.82, 2.24) is 15.6 Å². The van der Waals surface area contributed by atoms with Gasteiger partial charge in [0.1, 0.15) is 5.75 Å². The summed E-state index contributed by atoms with van der Waals surface area (Å²) >= 11 is 10.3. The van der Waals surface area contributed by atoms with E-state index in [-0.39, 0.29) is 11.7 Å². The number of benzene rings is 2. The Balaban J connectivity index is 1.38. The molecular formula is C21H19ClN4O2S3. The van der Waals surface area contributed by atoms with Crippen LogP contribution in [0.3, 0.4) is 0 Å². The molecule has 0 atom stereocenters. The fourth-order valence-electron chi connectivity index (χ4n) is 2.30. The van der Waals surface area contributed by atoms with Gasteiger partial charge in [-0.3, -0.25) is 4.79 Å². The van der Waals surface area contributed by atoms with Crippen LogP contribution in [0.15, 0.2) is 68.4 Å². The number of nitrogens with zero attached hydrogens (tertiary/aromatic N) is 3. The third kappa shape index (κ3) is 8.02. The van der Waals surface area contributed by atoms with Crippen molar-refractivity contribution in [2.75, 3.05) is 12.9 Å². The number of para-hydroxylation sites is 1. The molecule has 1 heterocycles. The number of allylic oxidation sites excluding steroid dienone is 1. The number of carbonyl (C=O) groups excluding carboxylic acids is 1. The molecule has 31 heavy (non-hydrogen) atoms. The minimum Gasteiger partial charge on any atom is -0.496 e. The monoisotopic (exact) mass is 490 g/mol. The number of halogens is 1. The second-order valence-corrected chi connectivity index (χ2v) is 9.81. The Kier molecular flexibility index (Phi) is 9.41. The largest absolute Gasteiger partial charge is 0.496 e. The molecule has 0 aliphatic rings. The van der Waals surface area contributed by atoms with E-state index in [4.69, 9.17) is 16.3 Å². The molecular weight excluding hydrogens is 472 g/mol. The van der Waals surface area contributed by atoms with Gasteiger partial charge < -0.3 is 4.74 Å². The zero-order valence-corrected chi connectivity index (χ0v) is 19.7. The van der Waals surface area contributed by atoms with Crippen LogP contribution in [0.2, 0.25) is 5.02 Å². The predicted molar refractivity (Wildman–Crippen MR) is 130 cm³/mol. The van der Waals surface area contributed by atoms with Crippen LogP contribution < -0.4 is 10.2 Å². The lowest BCUT2D eigenvalue weighted by atomic mass is 10.2. The van der Waals surface area contributed by atoms with Crippen LogP contribution in [-0.2, 0) is 10.5 Å². The number of carbonyl (C=O) groups is 1. The van der Waals surface area contributed by atoms with E-state index < -0.39 is 0 Å². The summed E-state index contributed by atoms with van der Waals surface area (Å²) < 4.78 is 6.88. The molecule has 160 valence electrons. The average molecular weight is 491 g/mol. The number of hydrazone groups is 1. The van der Waals surface area contributed by atoms with Crippen molar-refractivity contribution in [2.45, 2.75) is 14.4 Å². The Bertz CT molecular complexity index is 1050. The number of hydrogen-bond donors (Lipinski definition) is 1. The molecule has 0 saturated heterocycles. The highest BCUT2D eigenvalue weighted by molar-refractivity contribution is 8.03. The highest BCUT2D eigenvalue weighted by atomic mass is 35.5. The summed E-state index contributed by atoms with van der Waals surface area (Å²) in [5.74, 6) is 1.56. The smallest absolute Gasteiger partial charge is 0.250 e. The minimum atomic E-state index is -0.211. The van der Waals surface area contributed by atoms with Crippen LogP contribution in [0.5, 0.6) is 5.75 Å². The summed E-state index contributed by atoms with van der Waals surface area (Å²) in [6, 6.07) is 15.4. The first kappa shape index (κ1) is 23.3. The van der Waals surface area contributed by atoms with E-state index in [0.717, 1.165) is 36.3 Å². The number of hydrogen-bond acceptors (Lipinski definition) is 8. The maximum Gasteiger partial charge on any atom is 0.250 e. The van der Waals surface area contributed by atoms with Gasteiger partial charge >= 0.3 is 0 Å². The molecule has 0 fully saturated rings. The van der Waals surface area contributed by atoms with Gasteiger partial charge in [-0.25, -0.2) is 5.43 Å². The van der Waals surface area contributed by atoms with Gasteiger partial charge in [-0.1, -0.05) is 76.8 Å². The van der Waals surface area contributed by atoms with Crippen molar-refractivity contribution in [3.8, 4) is 5.75 Å². The lowest BCUT2D eigenvalue weighted by Crippen LogP contribution is -2.19. The fourth-order valence-corrected chi connectivity index (χ4v) is 5.20. The normalized spacial score (nSPS) is 11.3. The van der Waals surface area contributed by atoms with Crippen LogP contribution >= 0.6 is 46.5 Å². The zero-order chi connectivity index (χ0) is 21.9. The number of aromatic nitrogens is 2. The number of methoxy groups -OCH3 is 1. The van der Waals surface area contributed by atoms with E-state index in [1.54, 1.807) is 24.9 Å². The van der Waals surface area contributed by atoms with Gasteiger partial charge in [0.25, 0.3) is 5.91 Å². The molecule has 0 unspecified atom stereocenters. The lowest BCUT2D eigenvalue weighted by molar-refractivity contribution is -0.118. The van der Waals surface area contributed by atoms with E-state index in [0.29, 0.717) is 0 Å². The summed E-state index contributed by atoms with van der Waals surface area (Å²) in [7, 11) is 1.62. The summed E-state index contributed by atoms with van der Waals surface area (Å²) in [4.78, 5) is 11.9. The van der Waals surface area contributed by atoms with Gasteiger partial charge in [-0.15, -0.1) is 10.2 Å². The Morgan fingerprint density at radius 1 is 1.16 bits per heavy atom. The predicted octanol–water partition coefficient (Wildman–Crippen LogP) is 5.40. The van der Waals surface area contributed by atoms with Crippen LogP contribution in [0.4, 0.5) is 0 Å². The number of nitrogens with one attached hydrogen (secondary N) is 1. The molecule has 6 nitrogen and oxygen atoms in total. The Hall–Kier alpha value is -2.33. The Morgan fingerprint density at radius 2 is 1.90 bits per heavy atom. The van der Waals surface area contributed by atoms with E-state index >= 15 is 0 Å². The summed E-state index contributed by atoms with van der Waals surface area (Å²) in [5, 5.41) is 12.9. The fraction of sp³-hybridized carbons (Fsp3) is 0.143. The van der Waals surface area contributed by atoms with Crippen molar-refractivity contribution in [1.29, 1.82) is 0 Å². The highest BCUT2D eigenvalue weighted by Crippen LogP contribution is 2.30. The average Bonchev–Trinajstić information content (AvgIpc) is 3.25. The number of thioether (sulfide) groups is 2. The minimum absolute atomic E-state index is 0.211. The van der Waals surface area contributed by atoms with Crippen molar-refractivity contribution in [3.05, 3.63) is 70.8 Å². The molecule has 3 aromatic rings. The first-order chi connectivity index (χ1) is 15.1. The summed E-state index contributed by atoms with van der Waals surface area (Å²) in [6.07, 6.45) is 5.11. The molecule has 3 rings (SSSR count). The molecule has 2 aromatic carbocycles. The molecule has 1 amide bonds. The van der Waals surface area contributed by atoms with Crippen LogP contribution in [-0.4, -0.2) is 35.2 Å². The standard InChI is InChI=1S/C21H19ClN4O2S3/c1-28-18-7-3-2-5-16(18)6-4-12-23-24-19(27)14-30-21-26-25-20(31-21)29-13-15-8-10-17(22)11-9-15/h2-12H,13-14H2,1H3,(H,24,27)/b6-4+,23-12-. The maximum atomic E-state index is 11.9. The summed E-state index contributed by atoms with van der Waals surface area (Å²) in [5.41, 5.74) is 4.59. The lowest BCUT2D eigenvalue weighted by Gasteiger charge is -2.02. The second kappa shape index (κ2) is 12.5. The van der Waals surface area contributed by atoms with Crippen molar-refractivity contribution in [3.63, 3.8) is 0 Å². The van der Waals surface area contributed by atoms with E-state index in [9.17, 15) is 4.79 Å². The quantitative estimate of drug-likeness (QED) is 0.233. The molecule has 0 spiro atoms. The SMILES string of the molecule is COc1ccccc1/C=C/C=N\NC(=O)CSc1nnc(SCc2ccc(Cl)cc2)s1. The zero-order valence-electron chi connectivity index (χ0n) is 16.5. The molecule has 0 aliphatic heterocycles. The van der Waals surface area contributed by atoms with Gasteiger partial charge in [-0.2, -0.15) is 5.10 Å². The first-order valence-electron chi connectivity index (χ1n) is 9.09. The number of ether oxygens (including phenoxy) is 1. The molecule has 0 saturated carbocycles. The van der Waals surface area contributed by atoms with Crippen LogP contribution in [0.25, 0.3) is 6.08 Å². The Morgan fingerprint density at radius 3 is 2.68 bits per heavy atom. The van der Waals surface area contributed by atoms with Crippen molar-refractivity contribution in [2.24, 2.45) is 5.10 Å². The molecule has 10 heteroatoms. The molecule has 1 N–H and O–H groups in total. The maximum absolute atomic E-state index is 11.9. The van der Waals surface area contributed by atoms with Gasteiger partial charge in [0.05, 0.1) is 12.9 Å². The molecule has 1 aromatic heterocycles. The summed E-state index contributed by atoms with van der Waals surface area (Å²) in [6.45, 7) is 0. The Labute approximate surface area is 198 Å². The van der Waals surface area contributed by atoms with Gasteiger partial charge in [0.2, 0.25) is 0 Å².